The van der Waals surface area contributed by atoms with Gasteiger partial charge in [0.05, 0.1) is 19.6 Å². The molecule has 8 heteroatoms. The fourth-order valence-electron chi connectivity index (χ4n) is 4.62. The van der Waals surface area contributed by atoms with Crippen molar-refractivity contribution >= 4 is 5.97 Å². The van der Waals surface area contributed by atoms with Gasteiger partial charge in [-0.15, -0.1) is 0 Å². The van der Waals surface area contributed by atoms with Crippen molar-refractivity contribution in [1.82, 2.24) is 19.7 Å². The standard InChI is InChI=1S/C20H26N4O4/c1-27-18-3-2-15(8-16(18)10-24-14-21-13-22-24)9-23-11-17(19(25)26)20(12-23)4-6-28-7-5-20/h2-3,8,13-14,17H,4-7,9-12H2,1H3,(H,25,26). The van der Waals surface area contributed by atoms with Gasteiger partial charge in [0, 0.05) is 43.8 Å². The Balaban J connectivity index is 1.51. The van der Waals surface area contributed by atoms with Crippen molar-refractivity contribution in [3.63, 3.8) is 0 Å². The molecule has 1 aromatic carbocycles. The SMILES string of the molecule is COc1ccc(CN2CC(C(=O)O)C3(CCOCC3)C2)cc1Cn1cncn1. The number of likely N-dealkylation sites (tertiary alicyclic amines) is 1. The van der Waals surface area contributed by atoms with Gasteiger partial charge in [-0.3, -0.25) is 9.69 Å². The van der Waals surface area contributed by atoms with E-state index in [0.717, 1.165) is 42.8 Å². The highest BCUT2D eigenvalue weighted by molar-refractivity contribution is 5.72. The van der Waals surface area contributed by atoms with Gasteiger partial charge in [-0.25, -0.2) is 9.67 Å². The molecule has 1 atom stereocenters. The molecule has 1 unspecified atom stereocenters. The summed E-state index contributed by atoms with van der Waals surface area (Å²) in [5.74, 6) is -0.208. The number of benzene rings is 1. The molecule has 2 fully saturated rings. The number of nitrogens with zero attached hydrogens (tertiary/aromatic N) is 4. The van der Waals surface area contributed by atoms with E-state index < -0.39 is 5.97 Å². The van der Waals surface area contributed by atoms with Gasteiger partial charge in [0.15, 0.2) is 0 Å². The summed E-state index contributed by atoms with van der Waals surface area (Å²) >= 11 is 0. The molecule has 0 saturated carbocycles. The first-order valence-electron chi connectivity index (χ1n) is 9.61. The fraction of sp³-hybridized carbons (Fsp3) is 0.550. The van der Waals surface area contributed by atoms with E-state index in [1.54, 1.807) is 18.1 Å². The summed E-state index contributed by atoms with van der Waals surface area (Å²) in [4.78, 5) is 18.1. The lowest BCUT2D eigenvalue weighted by Crippen LogP contribution is -2.40. The molecule has 0 bridgehead atoms. The predicted octanol–water partition coefficient (Wildman–Crippen LogP) is 1.65. The fourth-order valence-corrected chi connectivity index (χ4v) is 4.62. The first kappa shape index (κ1) is 18.9. The van der Waals surface area contributed by atoms with Gasteiger partial charge >= 0.3 is 5.97 Å². The lowest BCUT2D eigenvalue weighted by molar-refractivity contribution is -0.147. The molecule has 28 heavy (non-hydrogen) atoms. The molecule has 3 heterocycles. The zero-order valence-electron chi connectivity index (χ0n) is 16.1. The summed E-state index contributed by atoms with van der Waals surface area (Å²) in [6, 6.07) is 6.14. The molecule has 1 aromatic heterocycles. The van der Waals surface area contributed by atoms with E-state index in [4.69, 9.17) is 9.47 Å². The van der Waals surface area contributed by atoms with E-state index in [9.17, 15) is 9.90 Å². The molecular formula is C20H26N4O4. The molecule has 2 aliphatic heterocycles. The number of rotatable bonds is 6. The molecule has 150 valence electrons. The van der Waals surface area contributed by atoms with Crippen molar-refractivity contribution in [1.29, 1.82) is 0 Å². The summed E-state index contributed by atoms with van der Waals surface area (Å²) in [5, 5.41) is 13.9. The first-order valence-corrected chi connectivity index (χ1v) is 9.61. The second-order valence-corrected chi connectivity index (χ2v) is 7.77. The molecule has 2 saturated heterocycles. The monoisotopic (exact) mass is 386 g/mol. The van der Waals surface area contributed by atoms with Crippen LogP contribution in [-0.4, -0.2) is 64.2 Å². The van der Waals surface area contributed by atoms with Gasteiger partial charge in [-0.2, -0.15) is 5.10 Å². The van der Waals surface area contributed by atoms with E-state index in [0.29, 0.717) is 26.3 Å². The third-order valence-corrected chi connectivity index (χ3v) is 6.06. The Labute approximate surface area is 164 Å². The van der Waals surface area contributed by atoms with E-state index in [2.05, 4.69) is 27.1 Å². The number of hydrogen-bond donors (Lipinski definition) is 1. The molecule has 0 aliphatic carbocycles. The summed E-state index contributed by atoms with van der Waals surface area (Å²) in [5.41, 5.74) is 2.00. The largest absolute Gasteiger partial charge is 0.496 e. The van der Waals surface area contributed by atoms with Crippen LogP contribution in [0, 0.1) is 11.3 Å². The number of hydrogen-bond acceptors (Lipinski definition) is 6. The molecule has 8 nitrogen and oxygen atoms in total. The average molecular weight is 386 g/mol. The Hall–Kier alpha value is -2.45. The zero-order chi connectivity index (χ0) is 19.6. The predicted molar refractivity (Wildman–Crippen MR) is 101 cm³/mol. The second kappa shape index (κ2) is 7.89. The molecule has 2 aromatic rings. The normalized spacial score (nSPS) is 21.8. The Bertz CT molecular complexity index is 818. The van der Waals surface area contributed by atoms with Crippen LogP contribution in [0.2, 0.25) is 0 Å². The minimum Gasteiger partial charge on any atom is -0.496 e. The van der Waals surface area contributed by atoms with Crippen LogP contribution in [0.5, 0.6) is 5.75 Å². The number of methoxy groups -OCH3 is 1. The lowest BCUT2D eigenvalue weighted by Gasteiger charge is -2.36. The maximum atomic E-state index is 11.9. The van der Waals surface area contributed by atoms with Crippen molar-refractivity contribution in [3.8, 4) is 5.75 Å². The molecule has 2 aliphatic rings. The van der Waals surface area contributed by atoms with Crippen LogP contribution in [0.25, 0.3) is 0 Å². The minimum absolute atomic E-state index is 0.167. The van der Waals surface area contributed by atoms with Gasteiger partial charge in [0.2, 0.25) is 0 Å². The van der Waals surface area contributed by atoms with Crippen LogP contribution >= 0.6 is 0 Å². The smallest absolute Gasteiger partial charge is 0.308 e. The third kappa shape index (κ3) is 3.74. The number of aromatic nitrogens is 3. The summed E-state index contributed by atoms with van der Waals surface area (Å²) < 4.78 is 12.7. The Kier molecular flexibility index (Phi) is 5.32. The van der Waals surface area contributed by atoms with Crippen LogP contribution in [0.4, 0.5) is 0 Å². The van der Waals surface area contributed by atoms with Crippen molar-refractivity contribution in [2.45, 2.75) is 25.9 Å². The highest BCUT2D eigenvalue weighted by Crippen LogP contribution is 2.44. The molecule has 0 radical (unpaired) electrons. The van der Waals surface area contributed by atoms with Crippen molar-refractivity contribution in [3.05, 3.63) is 42.0 Å². The maximum absolute atomic E-state index is 11.9. The molecule has 1 N–H and O–H groups in total. The van der Waals surface area contributed by atoms with Gasteiger partial charge in [0.25, 0.3) is 0 Å². The lowest BCUT2D eigenvalue weighted by atomic mass is 9.72. The highest BCUT2D eigenvalue weighted by atomic mass is 16.5. The molecule has 4 rings (SSSR count). The quantitative estimate of drug-likeness (QED) is 0.807. The van der Waals surface area contributed by atoms with Crippen LogP contribution in [-0.2, 0) is 22.6 Å². The Morgan fingerprint density at radius 2 is 2.18 bits per heavy atom. The van der Waals surface area contributed by atoms with Crippen molar-refractivity contribution in [2.75, 3.05) is 33.4 Å². The van der Waals surface area contributed by atoms with Gasteiger partial charge < -0.3 is 14.6 Å². The van der Waals surface area contributed by atoms with E-state index >= 15 is 0 Å². The average Bonchev–Trinajstić information content (AvgIpc) is 3.31. The van der Waals surface area contributed by atoms with Crippen LogP contribution in [0.1, 0.15) is 24.0 Å². The van der Waals surface area contributed by atoms with E-state index in [-0.39, 0.29) is 11.3 Å². The Morgan fingerprint density at radius 3 is 2.86 bits per heavy atom. The van der Waals surface area contributed by atoms with Crippen LogP contribution in [0.3, 0.4) is 0 Å². The summed E-state index contributed by atoms with van der Waals surface area (Å²) in [6.45, 7) is 4.00. The Morgan fingerprint density at radius 1 is 1.36 bits per heavy atom. The van der Waals surface area contributed by atoms with Crippen molar-refractivity contribution in [2.24, 2.45) is 11.3 Å². The number of carbonyl (C=O) groups is 1. The third-order valence-electron chi connectivity index (χ3n) is 6.06. The minimum atomic E-state index is -0.689. The van der Waals surface area contributed by atoms with Crippen LogP contribution < -0.4 is 4.74 Å². The zero-order valence-corrected chi connectivity index (χ0v) is 16.1. The molecular weight excluding hydrogens is 360 g/mol. The second-order valence-electron chi connectivity index (χ2n) is 7.77. The van der Waals surface area contributed by atoms with Gasteiger partial charge in [-0.1, -0.05) is 6.07 Å². The number of ether oxygens (including phenoxy) is 2. The van der Waals surface area contributed by atoms with Gasteiger partial charge in [-0.05, 0) is 30.5 Å². The number of aliphatic carboxylic acids is 1. The van der Waals surface area contributed by atoms with E-state index in [1.807, 2.05) is 6.07 Å². The van der Waals surface area contributed by atoms with E-state index in [1.165, 1.54) is 6.33 Å². The van der Waals surface area contributed by atoms with Crippen molar-refractivity contribution < 1.29 is 19.4 Å². The maximum Gasteiger partial charge on any atom is 0.308 e. The topological polar surface area (TPSA) is 89.7 Å². The first-order chi connectivity index (χ1) is 13.6. The molecule has 1 spiro atoms. The van der Waals surface area contributed by atoms with Gasteiger partial charge in [0.1, 0.15) is 18.4 Å². The summed E-state index contributed by atoms with van der Waals surface area (Å²) in [7, 11) is 1.66. The number of carboxylic acids is 1. The molecule has 0 amide bonds. The highest BCUT2D eigenvalue weighted by Gasteiger charge is 2.50. The summed E-state index contributed by atoms with van der Waals surface area (Å²) in [6.07, 6.45) is 4.83. The van der Waals surface area contributed by atoms with Crippen LogP contribution in [0.15, 0.2) is 30.9 Å². The number of carboxylic acid groups (broad SMARTS) is 1.